The molecule has 0 bridgehead atoms. The van der Waals surface area contributed by atoms with Gasteiger partial charge in [-0.05, 0) is 48.2 Å². The van der Waals surface area contributed by atoms with Gasteiger partial charge in [-0.3, -0.25) is 9.48 Å². The van der Waals surface area contributed by atoms with Crippen molar-refractivity contribution in [1.82, 2.24) is 14.7 Å². The molecule has 2 aromatic rings. The number of anilines is 1. The molecule has 2 N–H and O–H groups in total. The molecule has 2 rings (SSSR count). The third kappa shape index (κ3) is 3.72. The van der Waals surface area contributed by atoms with E-state index in [1.165, 1.54) is 0 Å². The van der Waals surface area contributed by atoms with Crippen LogP contribution in [0.1, 0.15) is 16.1 Å². The van der Waals surface area contributed by atoms with E-state index in [1.54, 1.807) is 29.1 Å². The highest BCUT2D eigenvalue weighted by molar-refractivity contribution is 9.10. The second kappa shape index (κ2) is 6.72. The molecule has 1 aromatic heterocycles. The number of benzene rings is 1. The van der Waals surface area contributed by atoms with Crippen LogP contribution in [-0.2, 0) is 6.54 Å². The van der Waals surface area contributed by atoms with E-state index in [4.69, 9.17) is 5.73 Å². The highest BCUT2D eigenvalue weighted by Gasteiger charge is 2.20. The van der Waals surface area contributed by atoms with E-state index in [-0.39, 0.29) is 5.78 Å². The molecule has 0 saturated carbocycles. The van der Waals surface area contributed by atoms with Crippen LogP contribution in [0.15, 0.2) is 33.3 Å². The standard InChI is InChI=1S/C14H16Br2N4O/c1-19(2)5-6-20-13(11(16)8-18-20)14(21)10-4-3-9(15)7-12(10)17/h3-4,7-8H,5-6,17H2,1-2H3. The van der Waals surface area contributed by atoms with Crippen LogP contribution in [0.25, 0.3) is 0 Å². The maximum atomic E-state index is 12.7. The van der Waals surface area contributed by atoms with Crippen molar-refractivity contribution >= 4 is 43.3 Å². The second-order valence-electron chi connectivity index (χ2n) is 4.93. The summed E-state index contributed by atoms with van der Waals surface area (Å²) in [5.41, 5.74) is 7.39. The normalized spacial score (nSPS) is 11.1. The van der Waals surface area contributed by atoms with Crippen molar-refractivity contribution in [2.75, 3.05) is 26.4 Å². The van der Waals surface area contributed by atoms with E-state index in [0.29, 0.717) is 28.0 Å². The van der Waals surface area contributed by atoms with E-state index < -0.39 is 0 Å². The smallest absolute Gasteiger partial charge is 0.214 e. The number of ketones is 1. The van der Waals surface area contributed by atoms with Gasteiger partial charge in [-0.15, -0.1) is 0 Å². The summed E-state index contributed by atoms with van der Waals surface area (Å²) in [6.45, 7) is 1.43. The number of hydrogen-bond donors (Lipinski definition) is 1. The zero-order valence-electron chi connectivity index (χ0n) is 11.8. The average molecular weight is 416 g/mol. The SMILES string of the molecule is CN(C)CCn1ncc(Br)c1C(=O)c1ccc(Br)cc1N. The molecule has 7 heteroatoms. The van der Waals surface area contributed by atoms with Gasteiger partial charge in [-0.25, -0.2) is 0 Å². The van der Waals surface area contributed by atoms with Crippen molar-refractivity contribution in [1.29, 1.82) is 0 Å². The van der Waals surface area contributed by atoms with Crippen LogP contribution in [0.5, 0.6) is 0 Å². The Morgan fingerprint density at radius 1 is 1.38 bits per heavy atom. The summed E-state index contributed by atoms with van der Waals surface area (Å²) < 4.78 is 3.22. The lowest BCUT2D eigenvalue weighted by molar-refractivity contribution is 0.102. The molecule has 1 heterocycles. The molecule has 1 aromatic carbocycles. The van der Waals surface area contributed by atoms with Gasteiger partial charge < -0.3 is 10.6 Å². The number of nitrogens with two attached hydrogens (primary N) is 1. The van der Waals surface area contributed by atoms with Gasteiger partial charge in [0.2, 0.25) is 5.78 Å². The molecular formula is C14H16Br2N4O. The zero-order valence-corrected chi connectivity index (χ0v) is 15.0. The molecule has 0 fully saturated rings. The van der Waals surface area contributed by atoms with Crippen molar-refractivity contribution in [3.05, 3.63) is 44.6 Å². The van der Waals surface area contributed by atoms with Gasteiger partial charge in [-0.2, -0.15) is 5.10 Å². The van der Waals surface area contributed by atoms with Gasteiger partial charge in [0, 0.05) is 22.3 Å². The molecule has 0 radical (unpaired) electrons. The first-order chi connectivity index (χ1) is 9.90. The molecule has 0 unspecified atom stereocenters. The fourth-order valence-corrected chi connectivity index (χ4v) is 2.78. The summed E-state index contributed by atoms with van der Waals surface area (Å²) in [4.78, 5) is 14.8. The lowest BCUT2D eigenvalue weighted by Gasteiger charge is -2.12. The Balaban J connectivity index is 2.36. The molecule has 21 heavy (non-hydrogen) atoms. The van der Waals surface area contributed by atoms with Crippen molar-refractivity contribution in [3.8, 4) is 0 Å². The molecule has 0 saturated heterocycles. The van der Waals surface area contributed by atoms with E-state index in [0.717, 1.165) is 11.0 Å². The van der Waals surface area contributed by atoms with Crippen LogP contribution < -0.4 is 5.73 Å². The molecular weight excluding hydrogens is 400 g/mol. The third-order valence-electron chi connectivity index (χ3n) is 3.03. The first-order valence-electron chi connectivity index (χ1n) is 6.36. The van der Waals surface area contributed by atoms with Crippen LogP contribution in [0.4, 0.5) is 5.69 Å². The lowest BCUT2D eigenvalue weighted by Crippen LogP contribution is -2.22. The van der Waals surface area contributed by atoms with Crippen molar-refractivity contribution in [2.45, 2.75) is 6.54 Å². The molecule has 0 atom stereocenters. The molecule has 0 aliphatic heterocycles. The summed E-state index contributed by atoms with van der Waals surface area (Å²) in [6, 6.07) is 5.25. The highest BCUT2D eigenvalue weighted by Crippen LogP contribution is 2.25. The van der Waals surface area contributed by atoms with Gasteiger partial charge in [0.15, 0.2) is 0 Å². The van der Waals surface area contributed by atoms with Crippen LogP contribution in [0.2, 0.25) is 0 Å². The van der Waals surface area contributed by atoms with Crippen molar-refractivity contribution in [3.63, 3.8) is 0 Å². The van der Waals surface area contributed by atoms with Gasteiger partial charge in [-0.1, -0.05) is 15.9 Å². The number of carbonyl (C=O) groups is 1. The van der Waals surface area contributed by atoms with Crippen LogP contribution in [0.3, 0.4) is 0 Å². The van der Waals surface area contributed by atoms with Gasteiger partial charge in [0.25, 0.3) is 0 Å². The lowest BCUT2D eigenvalue weighted by atomic mass is 10.1. The number of likely N-dealkylation sites (N-methyl/N-ethyl adjacent to an activating group) is 1. The minimum Gasteiger partial charge on any atom is -0.398 e. The number of aromatic nitrogens is 2. The number of carbonyl (C=O) groups excluding carboxylic acids is 1. The third-order valence-corrected chi connectivity index (χ3v) is 4.10. The summed E-state index contributed by atoms with van der Waals surface area (Å²) >= 11 is 6.73. The molecule has 0 spiro atoms. The van der Waals surface area contributed by atoms with Crippen molar-refractivity contribution < 1.29 is 4.79 Å². The minimum absolute atomic E-state index is 0.136. The number of nitrogen functional groups attached to an aromatic ring is 1. The van der Waals surface area contributed by atoms with Gasteiger partial charge in [0.05, 0.1) is 17.2 Å². The maximum absolute atomic E-state index is 12.7. The summed E-state index contributed by atoms with van der Waals surface area (Å²) in [5.74, 6) is -0.136. The van der Waals surface area contributed by atoms with Crippen molar-refractivity contribution in [2.24, 2.45) is 0 Å². The van der Waals surface area contributed by atoms with E-state index >= 15 is 0 Å². The zero-order chi connectivity index (χ0) is 15.6. The minimum atomic E-state index is -0.136. The number of nitrogens with zero attached hydrogens (tertiary/aromatic N) is 3. The number of hydrogen-bond acceptors (Lipinski definition) is 4. The largest absolute Gasteiger partial charge is 0.398 e. The molecule has 112 valence electrons. The molecule has 0 aliphatic rings. The fourth-order valence-electron chi connectivity index (χ4n) is 1.92. The summed E-state index contributed by atoms with van der Waals surface area (Å²) in [5, 5.41) is 4.25. The average Bonchev–Trinajstić information content (AvgIpc) is 2.77. The fraction of sp³-hybridized carbons (Fsp3) is 0.286. The number of halogens is 2. The monoisotopic (exact) mass is 414 g/mol. The molecule has 0 amide bonds. The first kappa shape index (κ1) is 16.2. The Bertz CT molecular complexity index is 667. The molecule has 0 aliphatic carbocycles. The van der Waals surface area contributed by atoms with E-state index in [2.05, 4.69) is 37.0 Å². The summed E-state index contributed by atoms with van der Waals surface area (Å²) in [6.07, 6.45) is 1.64. The Hall–Kier alpha value is -1.18. The Labute approximate surface area is 140 Å². The first-order valence-corrected chi connectivity index (χ1v) is 7.94. The predicted molar refractivity (Wildman–Crippen MR) is 90.5 cm³/mol. The van der Waals surface area contributed by atoms with Crippen LogP contribution in [-0.4, -0.2) is 41.1 Å². The molecule has 5 nitrogen and oxygen atoms in total. The van der Waals surface area contributed by atoms with E-state index in [1.807, 2.05) is 19.0 Å². The Kier molecular flexibility index (Phi) is 5.18. The Morgan fingerprint density at radius 3 is 2.71 bits per heavy atom. The van der Waals surface area contributed by atoms with Crippen LogP contribution >= 0.6 is 31.9 Å². The topological polar surface area (TPSA) is 64.2 Å². The summed E-state index contributed by atoms with van der Waals surface area (Å²) in [7, 11) is 3.96. The maximum Gasteiger partial charge on any atom is 0.214 e. The number of rotatable bonds is 5. The van der Waals surface area contributed by atoms with Gasteiger partial charge in [0.1, 0.15) is 5.69 Å². The highest BCUT2D eigenvalue weighted by atomic mass is 79.9. The van der Waals surface area contributed by atoms with Gasteiger partial charge >= 0.3 is 0 Å². The van der Waals surface area contributed by atoms with Crippen LogP contribution in [0, 0.1) is 0 Å². The Morgan fingerprint density at radius 2 is 2.10 bits per heavy atom. The quantitative estimate of drug-likeness (QED) is 0.602. The van der Waals surface area contributed by atoms with E-state index in [9.17, 15) is 4.79 Å². The predicted octanol–water partition coefficient (Wildman–Crippen LogP) is 2.78. The second-order valence-corrected chi connectivity index (χ2v) is 6.70.